The van der Waals surface area contributed by atoms with E-state index in [0.29, 0.717) is 16.5 Å². The predicted molar refractivity (Wildman–Crippen MR) is 108 cm³/mol. The van der Waals surface area contributed by atoms with Gasteiger partial charge in [-0.15, -0.1) is 0 Å². The van der Waals surface area contributed by atoms with E-state index in [2.05, 4.69) is 45.1 Å². The van der Waals surface area contributed by atoms with E-state index in [4.69, 9.17) is 17.3 Å². The van der Waals surface area contributed by atoms with Crippen LogP contribution in [0.4, 0.5) is 0 Å². The maximum atomic E-state index is 10.1. The Morgan fingerprint density at radius 2 is 1.86 bits per heavy atom. The van der Waals surface area contributed by atoms with Crippen molar-refractivity contribution in [2.45, 2.75) is 39.5 Å². The molecule has 0 saturated heterocycles. The number of benzene rings is 1. The largest absolute Gasteiger partial charge is 0.399 e. The molecule has 2 aliphatic rings. The standard InChI is InChI=1S/C23H23ClN4/c1-22(2,3)15-7-8-17-18(10-15)20(14-5-4-6-16(24)9-14)23(12-26,13-27)21(28)19(17)11-25/h4-6,8-9,15,18,20H,7,10,28H2,1-3H3/t15-,18-,20-/m0/s1. The highest BCUT2D eigenvalue weighted by atomic mass is 35.5. The van der Waals surface area contributed by atoms with E-state index in [9.17, 15) is 15.8 Å². The van der Waals surface area contributed by atoms with Gasteiger partial charge in [0.1, 0.15) is 6.07 Å². The summed E-state index contributed by atoms with van der Waals surface area (Å²) in [4.78, 5) is 0. The van der Waals surface area contributed by atoms with Crippen LogP contribution < -0.4 is 5.73 Å². The lowest BCUT2D eigenvalue weighted by molar-refractivity contribution is 0.170. The van der Waals surface area contributed by atoms with Crippen LogP contribution in [0.2, 0.25) is 5.02 Å². The summed E-state index contributed by atoms with van der Waals surface area (Å²) in [5.41, 5.74) is 6.81. The molecule has 4 nitrogen and oxygen atoms in total. The van der Waals surface area contributed by atoms with E-state index in [1.807, 2.05) is 12.1 Å². The molecule has 0 fully saturated rings. The van der Waals surface area contributed by atoms with Gasteiger partial charge in [0, 0.05) is 10.9 Å². The predicted octanol–water partition coefficient (Wildman–Crippen LogP) is 5.21. The lowest BCUT2D eigenvalue weighted by atomic mass is 9.54. The number of hydrogen-bond donors (Lipinski definition) is 1. The van der Waals surface area contributed by atoms with E-state index < -0.39 is 11.3 Å². The lowest BCUT2D eigenvalue weighted by Crippen LogP contribution is -2.44. The quantitative estimate of drug-likeness (QED) is 0.711. The number of nitrogens with zero attached hydrogens (tertiary/aromatic N) is 3. The number of rotatable bonds is 1. The fraction of sp³-hybridized carbons (Fsp3) is 0.435. The lowest BCUT2D eigenvalue weighted by Gasteiger charge is -2.47. The molecule has 3 atom stereocenters. The van der Waals surface area contributed by atoms with Gasteiger partial charge in [-0.25, -0.2) is 0 Å². The van der Waals surface area contributed by atoms with Gasteiger partial charge in [0.25, 0.3) is 0 Å². The Balaban J connectivity index is 2.31. The zero-order valence-electron chi connectivity index (χ0n) is 16.3. The summed E-state index contributed by atoms with van der Waals surface area (Å²) in [5.74, 6) is -0.246. The molecule has 0 spiro atoms. The van der Waals surface area contributed by atoms with E-state index in [1.165, 1.54) is 0 Å². The molecule has 0 radical (unpaired) electrons. The fourth-order valence-electron chi connectivity index (χ4n) is 4.67. The molecule has 142 valence electrons. The van der Waals surface area contributed by atoms with Gasteiger partial charge in [0.05, 0.1) is 23.4 Å². The van der Waals surface area contributed by atoms with Gasteiger partial charge in [-0.05, 0) is 53.4 Å². The second-order valence-electron chi connectivity index (χ2n) is 8.77. The Morgan fingerprint density at radius 3 is 2.39 bits per heavy atom. The van der Waals surface area contributed by atoms with Crippen molar-refractivity contribution in [1.29, 1.82) is 15.8 Å². The highest BCUT2D eigenvalue weighted by Crippen LogP contribution is 2.58. The number of halogens is 1. The molecule has 3 rings (SSSR count). The molecule has 28 heavy (non-hydrogen) atoms. The minimum atomic E-state index is -1.60. The first-order chi connectivity index (χ1) is 13.2. The summed E-state index contributed by atoms with van der Waals surface area (Å²) in [6, 6.07) is 13.8. The van der Waals surface area contributed by atoms with Crippen molar-refractivity contribution in [1.82, 2.24) is 0 Å². The van der Waals surface area contributed by atoms with Gasteiger partial charge in [0.15, 0.2) is 5.41 Å². The third kappa shape index (κ3) is 2.97. The van der Waals surface area contributed by atoms with Gasteiger partial charge in [-0.3, -0.25) is 0 Å². The summed E-state index contributed by atoms with van der Waals surface area (Å²) in [5, 5.41) is 30.5. The molecule has 2 aliphatic carbocycles. The zero-order chi connectivity index (χ0) is 20.7. The van der Waals surface area contributed by atoms with Crippen molar-refractivity contribution in [2.24, 2.45) is 28.4 Å². The molecular formula is C23H23ClN4. The van der Waals surface area contributed by atoms with Crippen LogP contribution in [0.25, 0.3) is 0 Å². The summed E-state index contributed by atoms with van der Waals surface area (Å²) < 4.78 is 0. The van der Waals surface area contributed by atoms with Crippen LogP contribution in [0.1, 0.15) is 45.1 Å². The van der Waals surface area contributed by atoms with Crippen LogP contribution in [0, 0.1) is 56.7 Å². The van der Waals surface area contributed by atoms with Crippen molar-refractivity contribution in [3.8, 4) is 18.2 Å². The molecule has 2 N–H and O–H groups in total. The Bertz CT molecular complexity index is 977. The van der Waals surface area contributed by atoms with Crippen molar-refractivity contribution in [3.05, 3.63) is 57.8 Å². The Morgan fingerprint density at radius 1 is 1.18 bits per heavy atom. The van der Waals surface area contributed by atoms with Gasteiger partial charge in [-0.1, -0.05) is 50.6 Å². The molecule has 1 aromatic rings. The summed E-state index contributed by atoms with van der Waals surface area (Å²) in [6.07, 6.45) is 3.73. The number of hydrogen-bond acceptors (Lipinski definition) is 4. The van der Waals surface area contributed by atoms with E-state index in [0.717, 1.165) is 24.0 Å². The van der Waals surface area contributed by atoms with Crippen LogP contribution in [-0.4, -0.2) is 0 Å². The normalized spacial score (nSPS) is 26.3. The average Bonchev–Trinajstić information content (AvgIpc) is 2.66. The van der Waals surface area contributed by atoms with E-state index >= 15 is 0 Å². The first-order valence-corrected chi connectivity index (χ1v) is 9.76. The fourth-order valence-corrected chi connectivity index (χ4v) is 4.87. The number of nitrogens with two attached hydrogens (primary N) is 1. The minimum Gasteiger partial charge on any atom is -0.399 e. The van der Waals surface area contributed by atoms with Crippen LogP contribution in [0.15, 0.2) is 47.2 Å². The zero-order valence-corrected chi connectivity index (χ0v) is 17.1. The van der Waals surface area contributed by atoms with E-state index in [1.54, 1.807) is 12.1 Å². The Labute approximate surface area is 171 Å². The van der Waals surface area contributed by atoms with Crippen molar-refractivity contribution < 1.29 is 0 Å². The van der Waals surface area contributed by atoms with Crippen LogP contribution >= 0.6 is 11.6 Å². The highest BCUT2D eigenvalue weighted by molar-refractivity contribution is 6.30. The first-order valence-electron chi connectivity index (χ1n) is 9.38. The third-order valence-corrected chi connectivity index (χ3v) is 6.54. The van der Waals surface area contributed by atoms with Crippen molar-refractivity contribution in [3.63, 3.8) is 0 Å². The molecule has 0 bridgehead atoms. The Hall–Kier alpha value is -2.74. The topological polar surface area (TPSA) is 97.4 Å². The number of fused-ring (bicyclic) bond motifs is 1. The van der Waals surface area contributed by atoms with Gasteiger partial charge >= 0.3 is 0 Å². The smallest absolute Gasteiger partial charge is 0.191 e. The number of nitriles is 3. The molecule has 0 aliphatic heterocycles. The highest BCUT2D eigenvalue weighted by Gasteiger charge is 2.55. The summed E-state index contributed by atoms with van der Waals surface area (Å²) in [7, 11) is 0. The van der Waals surface area contributed by atoms with Crippen LogP contribution in [0.5, 0.6) is 0 Å². The molecule has 0 heterocycles. The van der Waals surface area contributed by atoms with Crippen molar-refractivity contribution in [2.75, 3.05) is 0 Å². The molecular weight excluding hydrogens is 368 g/mol. The second-order valence-corrected chi connectivity index (χ2v) is 9.20. The molecule has 1 aromatic carbocycles. The summed E-state index contributed by atoms with van der Waals surface area (Å²) in [6.45, 7) is 6.60. The second kappa shape index (κ2) is 7.01. The van der Waals surface area contributed by atoms with Crippen LogP contribution in [-0.2, 0) is 0 Å². The average molecular weight is 391 g/mol. The molecule has 0 unspecified atom stereocenters. The van der Waals surface area contributed by atoms with Crippen LogP contribution in [0.3, 0.4) is 0 Å². The monoisotopic (exact) mass is 390 g/mol. The molecule has 0 saturated carbocycles. The Kier molecular flexibility index (Phi) is 5.01. The minimum absolute atomic E-state index is 0.0571. The SMILES string of the molecule is CC(C)(C)[C@H]1CC=C2C(C#N)=C(N)C(C#N)(C#N)[C@@H](c3cccc(Cl)c3)[C@H]2C1. The number of allylic oxidation sites excluding steroid dienone is 4. The maximum absolute atomic E-state index is 10.1. The van der Waals surface area contributed by atoms with Gasteiger partial charge in [-0.2, -0.15) is 15.8 Å². The molecule has 0 aromatic heterocycles. The summed E-state index contributed by atoms with van der Waals surface area (Å²) >= 11 is 6.24. The molecule has 5 heteroatoms. The van der Waals surface area contributed by atoms with Gasteiger partial charge in [0.2, 0.25) is 0 Å². The van der Waals surface area contributed by atoms with Crippen molar-refractivity contribution >= 4 is 11.6 Å². The first kappa shape index (κ1) is 20.0. The van der Waals surface area contributed by atoms with Gasteiger partial charge < -0.3 is 5.73 Å². The third-order valence-electron chi connectivity index (χ3n) is 6.31. The van der Waals surface area contributed by atoms with E-state index in [-0.39, 0.29) is 17.0 Å². The molecule has 0 amide bonds. The maximum Gasteiger partial charge on any atom is 0.191 e.